The lowest BCUT2D eigenvalue weighted by molar-refractivity contribution is -0.272. The highest BCUT2D eigenvalue weighted by atomic mass is 19.4. The average molecular weight is 643 g/mol. The number of likely N-dealkylation sites (tertiary alicyclic amines) is 2. The van der Waals surface area contributed by atoms with Crippen LogP contribution < -0.4 is 9.47 Å². The highest BCUT2D eigenvalue weighted by Crippen LogP contribution is 2.44. The van der Waals surface area contributed by atoms with Crippen molar-refractivity contribution in [2.75, 3.05) is 39.8 Å². The van der Waals surface area contributed by atoms with E-state index in [0.717, 1.165) is 19.3 Å². The lowest BCUT2D eigenvalue weighted by Gasteiger charge is -2.39. The number of ether oxygens (including phenoxy) is 2. The van der Waals surface area contributed by atoms with Crippen LogP contribution in [0, 0.1) is 6.57 Å². The molecule has 5 rings (SSSR count). The zero-order chi connectivity index (χ0) is 33.1. The van der Waals surface area contributed by atoms with Crippen molar-refractivity contribution in [2.45, 2.75) is 63.0 Å². The number of alkyl halides is 3. The third-order valence-corrected chi connectivity index (χ3v) is 8.79. The van der Waals surface area contributed by atoms with Crippen LogP contribution in [0.5, 0.6) is 11.5 Å². The van der Waals surface area contributed by atoms with Crippen molar-refractivity contribution in [3.8, 4) is 11.5 Å². The number of aromatic nitrogens is 1. The van der Waals surface area contributed by atoms with Crippen molar-refractivity contribution >= 4 is 28.5 Å². The van der Waals surface area contributed by atoms with Gasteiger partial charge in [0, 0.05) is 55.4 Å². The number of carbonyl (C=O) groups is 2. The van der Waals surface area contributed by atoms with Crippen LogP contribution in [-0.4, -0.2) is 88.6 Å². The minimum atomic E-state index is -5.04. The number of carbonyl (C=O) groups excluding carboxylic acids is 1. The molecule has 3 heterocycles. The highest BCUT2D eigenvalue weighted by Gasteiger charge is 2.57. The number of aliphatic carboxylic acids is 1. The molecule has 0 saturated carbocycles. The van der Waals surface area contributed by atoms with E-state index in [9.17, 15) is 27.9 Å². The molecule has 2 fully saturated rings. The fraction of sp³-hybridized carbons (Fsp3) is 0.485. The van der Waals surface area contributed by atoms with E-state index in [1.807, 2.05) is 0 Å². The molecular weight excluding hydrogens is 605 g/mol. The first-order valence-corrected chi connectivity index (χ1v) is 15.3. The number of nitrogens with zero attached hydrogens (tertiary/aromatic N) is 4. The van der Waals surface area contributed by atoms with Crippen molar-refractivity contribution in [1.82, 2.24) is 14.4 Å². The number of amides is 1. The zero-order valence-electron chi connectivity index (χ0n) is 25.6. The van der Waals surface area contributed by atoms with Crippen molar-refractivity contribution in [1.29, 1.82) is 0 Å². The number of hydrogen-bond donors (Lipinski definition) is 2. The molecule has 2 aliphatic rings. The summed E-state index contributed by atoms with van der Waals surface area (Å²) in [4.78, 5) is 30.8. The van der Waals surface area contributed by atoms with Gasteiger partial charge in [-0.1, -0.05) is 18.2 Å². The van der Waals surface area contributed by atoms with E-state index in [1.54, 1.807) is 28.0 Å². The van der Waals surface area contributed by atoms with Gasteiger partial charge in [0.25, 0.3) is 0 Å². The Morgan fingerprint density at radius 1 is 1.02 bits per heavy atom. The van der Waals surface area contributed by atoms with Gasteiger partial charge in [0.15, 0.2) is 17.2 Å². The smallest absolute Gasteiger partial charge is 0.422 e. The number of β-amino-alcohol motifs (C(OH)–C–C–N with tert-alkyl or cyclic N) is 1. The number of carboxylic acids is 1. The SMILES string of the molecule is [C-]#[N+]c1ccc2c(C(O)(CN3CCC(Oc4ccc(CC(=O)O)cc4OC)CC3)C(F)(F)F)cn(CC(=O)N3CCCCC3)c2c1. The summed E-state index contributed by atoms with van der Waals surface area (Å²) < 4.78 is 57.4. The quantitative estimate of drug-likeness (QED) is 0.295. The third-order valence-electron chi connectivity index (χ3n) is 8.79. The van der Waals surface area contributed by atoms with Crippen molar-refractivity contribution in [3.63, 3.8) is 0 Å². The minimum absolute atomic E-state index is 0.135. The van der Waals surface area contributed by atoms with E-state index in [0.29, 0.717) is 43.0 Å². The Bertz CT molecular complexity index is 1620. The van der Waals surface area contributed by atoms with Crippen LogP contribution in [0.15, 0.2) is 42.6 Å². The Morgan fingerprint density at radius 3 is 2.37 bits per heavy atom. The molecule has 0 radical (unpaired) electrons. The van der Waals surface area contributed by atoms with Crippen LogP contribution in [-0.2, 0) is 28.2 Å². The Balaban J connectivity index is 1.35. The molecule has 2 aliphatic heterocycles. The molecule has 2 N–H and O–H groups in total. The largest absolute Gasteiger partial charge is 0.493 e. The fourth-order valence-corrected chi connectivity index (χ4v) is 6.31. The maximum absolute atomic E-state index is 14.9. The molecule has 1 unspecified atom stereocenters. The number of piperidine rings is 2. The highest BCUT2D eigenvalue weighted by molar-refractivity contribution is 5.89. The fourth-order valence-electron chi connectivity index (χ4n) is 6.31. The maximum Gasteiger partial charge on any atom is 0.422 e. The van der Waals surface area contributed by atoms with Gasteiger partial charge in [0.2, 0.25) is 11.5 Å². The van der Waals surface area contributed by atoms with Gasteiger partial charge in [0.05, 0.1) is 20.1 Å². The maximum atomic E-state index is 14.9. The molecule has 0 bridgehead atoms. The predicted octanol–water partition coefficient (Wildman–Crippen LogP) is 5.13. The standard InChI is InChI=1S/C33H37F3N4O6/c1-37-23-7-8-25-26(19-40(27(25)18-23)20-30(41)39-12-4-3-5-13-39)32(44,33(34,35)36)21-38-14-10-24(11-15-38)46-28-9-6-22(17-31(42)43)16-29(28)45-2/h6-9,16,18-19,24,44H,3-5,10-15,17,20-21H2,2H3,(H,42,43). The van der Waals surface area contributed by atoms with Crippen LogP contribution in [0.1, 0.15) is 43.2 Å². The van der Waals surface area contributed by atoms with E-state index in [4.69, 9.17) is 21.2 Å². The van der Waals surface area contributed by atoms with E-state index in [1.165, 1.54) is 36.1 Å². The first-order valence-electron chi connectivity index (χ1n) is 15.3. The number of fused-ring (bicyclic) bond motifs is 1. The van der Waals surface area contributed by atoms with Crippen LogP contribution in [0.4, 0.5) is 18.9 Å². The van der Waals surface area contributed by atoms with Gasteiger partial charge in [0.1, 0.15) is 12.6 Å². The molecule has 13 heteroatoms. The summed E-state index contributed by atoms with van der Waals surface area (Å²) in [5.74, 6) is -0.426. The number of aliphatic hydroxyl groups is 1. The molecular formula is C33H37F3N4O6. The predicted molar refractivity (Wildman–Crippen MR) is 163 cm³/mol. The number of rotatable bonds is 10. The molecule has 2 aromatic carbocycles. The summed E-state index contributed by atoms with van der Waals surface area (Å²) in [6, 6.07) is 9.11. The van der Waals surface area contributed by atoms with Crippen molar-refractivity contribution < 1.29 is 42.4 Å². The lowest BCUT2D eigenvalue weighted by atomic mass is 9.91. The molecule has 0 spiro atoms. The van der Waals surface area contributed by atoms with Gasteiger partial charge >= 0.3 is 12.1 Å². The first kappa shape index (κ1) is 33.1. The van der Waals surface area contributed by atoms with Gasteiger partial charge in [-0.25, -0.2) is 4.85 Å². The second kappa shape index (κ2) is 13.6. The summed E-state index contributed by atoms with van der Waals surface area (Å²) in [5.41, 5.74) is -2.56. The second-order valence-corrected chi connectivity index (χ2v) is 11.9. The Morgan fingerprint density at radius 2 is 1.74 bits per heavy atom. The van der Waals surface area contributed by atoms with Gasteiger partial charge in [-0.15, -0.1) is 0 Å². The van der Waals surface area contributed by atoms with E-state index < -0.39 is 24.3 Å². The Hall–Kier alpha value is -4.28. The number of halogens is 3. The van der Waals surface area contributed by atoms with Gasteiger partial charge < -0.3 is 29.2 Å². The Labute approximate surface area is 264 Å². The number of hydrogen-bond acceptors (Lipinski definition) is 6. The average Bonchev–Trinajstić information content (AvgIpc) is 3.40. The molecule has 46 heavy (non-hydrogen) atoms. The monoisotopic (exact) mass is 642 g/mol. The molecule has 1 amide bonds. The summed E-state index contributed by atoms with van der Waals surface area (Å²) in [7, 11) is 1.44. The number of carboxylic acid groups (broad SMARTS) is 1. The van der Waals surface area contributed by atoms with Crippen molar-refractivity contribution in [2.24, 2.45) is 0 Å². The zero-order valence-corrected chi connectivity index (χ0v) is 25.6. The lowest BCUT2D eigenvalue weighted by Crippen LogP contribution is -2.53. The van der Waals surface area contributed by atoms with E-state index in [-0.39, 0.29) is 60.2 Å². The van der Waals surface area contributed by atoms with Gasteiger partial charge in [-0.3, -0.25) is 14.5 Å². The van der Waals surface area contributed by atoms with Gasteiger partial charge in [-0.05, 0) is 55.9 Å². The molecule has 3 aromatic rings. The minimum Gasteiger partial charge on any atom is -0.493 e. The van der Waals surface area contributed by atoms with Crippen LogP contribution in [0.25, 0.3) is 15.7 Å². The third kappa shape index (κ3) is 7.08. The molecule has 10 nitrogen and oxygen atoms in total. The molecule has 0 aliphatic carbocycles. The van der Waals surface area contributed by atoms with Crippen LogP contribution in [0.3, 0.4) is 0 Å². The molecule has 1 atom stereocenters. The van der Waals surface area contributed by atoms with E-state index in [2.05, 4.69) is 4.85 Å². The van der Waals surface area contributed by atoms with Gasteiger partial charge in [-0.2, -0.15) is 13.2 Å². The van der Waals surface area contributed by atoms with E-state index >= 15 is 0 Å². The summed E-state index contributed by atoms with van der Waals surface area (Å²) >= 11 is 0. The number of methoxy groups -OCH3 is 1. The molecule has 2 saturated heterocycles. The normalized spacial score (nSPS) is 17.8. The molecule has 246 valence electrons. The molecule has 1 aromatic heterocycles. The summed E-state index contributed by atoms with van der Waals surface area (Å²) in [6.45, 7) is 8.10. The topological polar surface area (TPSA) is 109 Å². The van der Waals surface area contributed by atoms with Crippen LogP contribution in [0.2, 0.25) is 0 Å². The second-order valence-electron chi connectivity index (χ2n) is 11.9. The van der Waals surface area contributed by atoms with Crippen molar-refractivity contribution in [3.05, 3.63) is 65.1 Å². The van der Waals surface area contributed by atoms with Crippen LogP contribution >= 0.6 is 0 Å². The summed E-state index contributed by atoms with van der Waals surface area (Å²) in [6.07, 6.45) is -0.810. The summed E-state index contributed by atoms with van der Waals surface area (Å²) in [5, 5.41) is 20.7. The number of benzene rings is 2. The Kier molecular flexibility index (Phi) is 9.79. The first-order chi connectivity index (χ1) is 21.9.